The third-order valence-corrected chi connectivity index (χ3v) is 4.52. The molecule has 2 aromatic carbocycles. The summed E-state index contributed by atoms with van der Waals surface area (Å²) >= 11 is 0. The number of amides is 1. The van der Waals surface area contributed by atoms with Gasteiger partial charge in [-0.1, -0.05) is 42.8 Å². The standard InChI is InChI=1S/C23H31NO3/c1-5-15-27-21-14-13-20(16-22(21)26-4)18(3)24-23(25)8-6-7-19-11-9-17(2)10-12-19/h9-14,16,18H,5-8,15H2,1-4H3,(H,24,25). The van der Waals surface area contributed by atoms with Gasteiger partial charge < -0.3 is 14.8 Å². The molecule has 0 aliphatic carbocycles. The summed E-state index contributed by atoms with van der Waals surface area (Å²) in [6, 6.07) is 14.2. The number of carbonyl (C=O) groups excluding carboxylic acids is 1. The molecule has 1 atom stereocenters. The SMILES string of the molecule is CCCOc1ccc(C(C)NC(=O)CCCc2ccc(C)cc2)cc1OC. The highest BCUT2D eigenvalue weighted by Crippen LogP contribution is 2.30. The van der Waals surface area contributed by atoms with Crippen molar-refractivity contribution in [2.45, 2.75) is 52.5 Å². The van der Waals surface area contributed by atoms with E-state index < -0.39 is 0 Å². The number of hydrogen-bond donors (Lipinski definition) is 1. The molecule has 0 saturated heterocycles. The first kappa shape index (κ1) is 20.8. The topological polar surface area (TPSA) is 47.6 Å². The summed E-state index contributed by atoms with van der Waals surface area (Å²) in [6.07, 6.45) is 3.22. The van der Waals surface area contributed by atoms with Gasteiger partial charge in [0.2, 0.25) is 5.91 Å². The van der Waals surface area contributed by atoms with Crippen LogP contribution in [-0.4, -0.2) is 19.6 Å². The van der Waals surface area contributed by atoms with Gasteiger partial charge in [-0.3, -0.25) is 4.79 Å². The van der Waals surface area contributed by atoms with E-state index in [-0.39, 0.29) is 11.9 Å². The maximum atomic E-state index is 12.3. The largest absolute Gasteiger partial charge is 0.493 e. The van der Waals surface area contributed by atoms with E-state index in [0.717, 1.165) is 30.6 Å². The average molecular weight is 370 g/mol. The van der Waals surface area contributed by atoms with Gasteiger partial charge >= 0.3 is 0 Å². The van der Waals surface area contributed by atoms with E-state index >= 15 is 0 Å². The Balaban J connectivity index is 1.85. The minimum absolute atomic E-state index is 0.0693. The molecule has 1 amide bonds. The number of nitrogens with one attached hydrogen (secondary N) is 1. The monoisotopic (exact) mass is 369 g/mol. The Morgan fingerprint density at radius 2 is 1.85 bits per heavy atom. The molecule has 0 heterocycles. The fraction of sp³-hybridized carbons (Fsp3) is 0.435. The number of hydrogen-bond acceptors (Lipinski definition) is 3. The summed E-state index contributed by atoms with van der Waals surface area (Å²) in [5.41, 5.74) is 3.53. The summed E-state index contributed by atoms with van der Waals surface area (Å²) in [5.74, 6) is 1.50. The van der Waals surface area contributed by atoms with Gasteiger partial charge in [-0.25, -0.2) is 0 Å². The van der Waals surface area contributed by atoms with E-state index in [0.29, 0.717) is 18.8 Å². The fourth-order valence-electron chi connectivity index (χ4n) is 2.89. The lowest BCUT2D eigenvalue weighted by Gasteiger charge is -2.17. The molecule has 2 rings (SSSR count). The number of aryl methyl sites for hydroxylation is 2. The van der Waals surface area contributed by atoms with Gasteiger partial charge in [0.15, 0.2) is 11.5 Å². The van der Waals surface area contributed by atoms with Crippen LogP contribution in [0.25, 0.3) is 0 Å². The predicted octanol–water partition coefficient (Wildman–Crippen LogP) is 4.99. The summed E-state index contributed by atoms with van der Waals surface area (Å²) in [5, 5.41) is 3.07. The Morgan fingerprint density at radius 1 is 1.11 bits per heavy atom. The summed E-state index contributed by atoms with van der Waals surface area (Å²) in [6.45, 7) is 6.79. The Labute approximate surface area is 162 Å². The highest BCUT2D eigenvalue weighted by molar-refractivity contribution is 5.76. The van der Waals surface area contributed by atoms with Crippen LogP contribution >= 0.6 is 0 Å². The minimum Gasteiger partial charge on any atom is -0.493 e. The van der Waals surface area contributed by atoms with Crippen molar-refractivity contribution in [1.29, 1.82) is 0 Å². The number of benzene rings is 2. The molecule has 146 valence electrons. The molecule has 0 fully saturated rings. The van der Waals surface area contributed by atoms with Crippen LogP contribution in [0, 0.1) is 6.92 Å². The van der Waals surface area contributed by atoms with Gasteiger partial charge in [-0.2, -0.15) is 0 Å². The van der Waals surface area contributed by atoms with Crippen LogP contribution < -0.4 is 14.8 Å². The zero-order valence-electron chi connectivity index (χ0n) is 16.9. The lowest BCUT2D eigenvalue weighted by Crippen LogP contribution is -2.26. The summed E-state index contributed by atoms with van der Waals surface area (Å²) in [7, 11) is 1.63. The second kappa shape index (κ2) is 10.6. The van der Waals surface area contributed by atoms with Crippen molar-refractivity contribution >= 4 is 5.91 Å². The van der Waals surface area contributed by atoms with Crippen molar-refractivity contribution in [2.75, 3.05) is 13.7 Å². The average Bonchev–Trinajstić information content (AvgIpc) is 2.67. The molecule has 0 aliphatic heterocycles. The van der Waals surface area contributed by atoms with Gasteiger partial charge in [-0.05, 0) is 56.4 Å². The molecule has 0 radical (unpaired) electrons. The molecule has 0 aromatic heterocycles. The van der Waals surface area contributed by atoms with Crippen molar-refractivity contribution in [1.82, 2.24) is 5.32 Å². The van der Waals surface area contributed by atoms with Crippen LogP contribution in [0.4, 0.5) is 0 Å². The number of carbonyl (C=O) groups is 1. The van der Waals surface area contributed by atoms with Crippen molar-refractivity contribution in [3.8, 4) is 11.5 Å². The van der Waals surface area contributed by atoms with E-state index in [9.17, 15) is 4.79 Å². The van der Waals surface area contributed by atoms with E-state index in [2.05, 4.69) is 43.4 Å². The summed E-state index contributed by atoms with van der Waals surface area (Å²) in [4.78, 5) is 12.3. The fourth-order valence-corrected chi connectivity index (χ4v) is 2.89. The molecular weight excluding hydrogens is 338 g/mol. The molecule has 4 nitrogen and oxygen atoms in total. The van der Waals surface area contributed by atoms with E-state index in [1.54, 1.807) is 7.11 Å². The minimum atomic E-state index is -0.0778. The third-order valence-electron chi connectivity index (χ3n) is 4.52. The maximum absolute atomic E-state index is 12.3. The van der Waals surface area contributed by atoms with E-state index in [1.165, 1.54) is 11.1 Å². The van der Waals surface area contributed by atoms with Gasteiger partial charge in [-0.15, -0.1) is 0 Å². The molecule has 2 aromatic rings. The van der Waals surface area contributed by atoms with Crippen molar-refractivity contribution in [2.24, 2.45) is 0 Å². The van der Waals surface area contributed by atoms with E-state index in [1.807, 2.05) is 25.1 Å². The van der Waals surface area contributed by atoms with Crippen LogP contribution in [0.2, 0.25) is 0 Å². The predicted molar refractivity (Wildman–Crippen MR) is 109 cm³/mol. The maximum Gasteiger partial charge on any atom is 0.220 e. The zero-order valence-corrected chi connectivity index (χ0v) is 16.9. The Kier molecular flexibility index (Phi) is 8.18. The molecule has 0 aliphatic rings. The number of rotatable bonds is 10. The van der Waals surface area contributed by atoms with Crippen molar-refractivity contribution < 1.29 is 14.3 Å². The van der Waals surface area contributed by atoms with Crippen LogP contribution in [0.3, 0.4) is 0 Å². The molecular formula is C23H31NO3. The lowest BCUT2D eigenvalue weighted by atomic mass is 10.1. The molecule has 0 saturated carbocycles. The van der Waals surface area contributed by atoms with Gasteiger partial charge in [0.05, 0.1) is 19.8 Å². The normalized spacial score (nSPS) is 11.7. The van der Waals surface area contributed by atoms with Crippen LogP contribution in [-0.2, 0) is 11.2 Å². The second-order valence-electron chi connectivity index (χ2n) is 6.89. The molecule has 0 bridgehead atoms. The quantitative estimate of drug-likeness (QED) is 0.642. The Hall–Kier alpha value is -2.49. The Bertz CT molecular complexity index is 725. The molecule has 1 unspecified atom stereocenters. The van der Waals surface area contributed by atoms with Gasteiger partial charge in [0.25, 0.3) is 0 Å². The third kappa shape index (κ3) is 6.63. The highest BCUT2D eigenvalue weighted by Gasteiger charge is 2.13. The first-order valence-corrected chi connectivity index (χ1v) is 9.69. The van der Waals surface area contributed by atoms with Crippen LogP contribution in [0.5, 0.6) is 11.5 Å². The lowest BCUT2D eigenvalue weighted by molar-refractivity contribution is -0.121. The first-order valence-electron chi connectivity index (χ1n) is 9.69. The highest BCUT2D eigenvalue weighted by atomic mass is 16.5. The molecule has 0 spiro atoms. The van der Waals surface area contributed by atoms with E-state index in [4.69, 9.17) is 9.47 Å². The summed E-state index contributed by atoms with van der Waals surface area (Å²) < 4.78 is 11.1. The molecule has 27 heavy (non-hydrogen) atoms. The molecule has 4 heteroatoms. The first-order chi connectivity index (χ1) is 13.0. The number of ether oxygens (including phenoxy) is 2. The smallest absolute Gasteiger partial charge is 0.220 e. The zero-order chi connectivity index (χ0) is 19.6. The second-order valence-corrected chi connectivity index (χ2v) is 6.89. The van der Waals surface area contributed by atoms with Crippen molar-refractivity contribution in [3.63, 3.8) is 0 Å². The van der Waals surface area contributed by atoms with Gasteiger partial charge in [0.1, 0.15) is 0 Å². The van der Waals surface area contributed by atoms with Gasteiger partial charge in [0, 0.05) is 6.42 Å². The van der Waals surface area contributed by atoms with Crippen molar-refractivity contribution in [3.05, 3.63) is 59.2 Å². The van der Waals surface area contributed by atoms with Crippen LogP contribution in [0.1, 0.15) is 55.8 Å². The number of methoxy groups -OCH3 is 1. The Morgan fingerprint density at radius 3 is 2.52 bits per heavy atom. The molecule has 1 N–H and O–H groups in total. The van der Waals surface area contributed by atoms with Crippen LogP contribution in [0.15, 0.2) is 42.5 Å².